The lowest BCUT2D eigenvalue weighted by Crippen LogP contribution is -2.18. The van der Waals surface area contributed by atoms with Crippen LogP contribution in [0.15, 0.2) is 59.8 Å². The molecule has 8 nitrogen and oxygen atoms in total. The highest BCUT2D eigenvalue weighted by atomic mass is 19.4. The van der Waals surface area contributed by atoms with Gasteiger partial charge in [-0.3, -0.25) is 14.9 Å². The smallest absolute Gasteiger partial charge is 0.396 e. The SMILES string of the molecule is Cn1cncc(-c2ccc3c(c2)nc(NC(=O)c2cccc(C(F)(F)F)c2)n3CCCO)c1=O. The molecule has 11 heteroatoms. The van der Waals surface area contributed by atoms with Gasteiger partial charge in [0.05, 0.1) is 28.5 Å². The molecule has 0 fully saturated rings. The molecule has 4 rings (SSSR count). The summed E-state index contributed by atoms with van der Waals surface area (Å²) in [5.41, 5.74) is 0.673. The third-order valence-corrected chi connectivity index (χ3v) is 5.27. The molecule has 0 atom stereocenters. The van der Waals surface area contributed by atoms with Crippen molar-refractivity contribution in [3.05, 3.63) is 76.5 Å². The molecule has 4 aromatic rings. The van der Waals surface area contributed by atoms with Gasteiger partial charge in [0.25, 0.3) is 11.5 Å². The number of anilines is 1. The number of nitrogens with one attached hydrogen (secondary N) is 1. The van der Waals surface area contributed by atoms with E-state index < -0.39 is 17.6 Å². The highest BCUT2D eigenvalue weighted by Gasteiger charge is 2.31. The lowest BCUT2D eigenvalue weighted by molar-refractivity contribution is -0.137. The van der Waals surface area contributed by atoms with Crippen molar-refractivity contribution in [2.75, 3.05) is 11.9 Å². The van der Waals surface area contributed by atoms with Crippen LogP contribution in [0.3, 0.4) is 0 Å². The molecule has 0 radical (unpaired) electrons. The molecular weight excluding hydrogens is 451 g/mol. The first-order valence-corrected chi connectivity index (χ1v) is 10.3. The van der Waals surface area contributed by atoms with Gasteiger partial charge in [-0.25, -0.2) is 9.97 Å². The average molecular weight is 471 g/mol. The lowest BCUT2D eigenvalue weighted by Gasteiger charge is -2.11. The highest BCUT2D eigenvalue weighted by Crippen LogP contribution is 2.30. The number of fused-ring (bicyclic) bond motifs is 1. The van der Waals surface area contributed by atoms with Gasteiger partial charge in [-0.2, -0.15) is 13.2 Å². The Labute approximate surface area is 191 Å². The number of nitrogens with zero attached hydrogens (tertiary/aromatic N) is 4. The van der Waals surface area contributed by atoms with Gasteiger partial charge in [-0.05, 0) is 42.3 Å². The van der Waals surface area contributed by atoms with Gasteiger partial charge in [0.2, 0.25) is 5.95 Å². The molecule has 34 heavy (non-hydrogen) atoms. The van der Waals surface area contributed by atoms with E-state index in [1.165, 1.54) is 23.2 Å². The molecule has 0 aliphatic rings. The maximum absolute atomic E-state index is 13.0. The van der Waals surface area contributed by atoms with Crippen molar-refractivity contribution in [3.63, 3.8) is 0 Å². The molecule has 0 bridgehead atoms. The van der Waals surface area contributed by atoms with E-state index >= 15 is 0 Å². The predicted molar refractivity (Wildman–Crippen MR) is 119 cm³/mol. The monoisotopic (exact) mass is 471 g/mol. The second-order valence-corrected chi connectivity index (χ2v) is 7.62. The fourth-order valence-corrected chi connectivity index (χ4v) is 3.56. The minimum Gasteiger partial charge on any atom is -0.396 e. The molecule has 0 unspecified atom stereocenters. The fourth-order valence-electron chi connectivity index (χ4n) is 3.56. The van der Waals surface area contributed by atoms with Crippen LogP contribution in [0, 0.1) is 0 Å². The maximum atomic E-state index is 13.0. The maximum Gasteiger partial charge on any atom is 0.416 e. The summed E-state index contributed by atoms with van der Waals surface area (Å²) >= 11 is 0. The van der Waals surface area contributed by atoms with Crippen LogP contribution >= 0.6 is 0 Å². The number of aromatic nitrogens is 4. The second-order valence-electron chi connectivity index (χ2n) is 7.62. The first-order valence-electron chi connectivity index (χ1n) is 10.3. The van der Waals surface area contributed by atoms with E-state index in [1.54, 1.807) is 29.8 Å². The van der Waals surface area contributed by atoms with E-state index in [9.17, 15) is 27.9 Å². The Morgan fingerprint density at radius 2 is 1.97 bits per heavy atom. The summed E-state index contributed by atoms with van der Waals surface area (Å²) in [4.78, 5) is 33.7. The summed E-state index contributed by atoms with van der Waals surface area (Å²) in [6.07, 6.45) is -1.37. The Morgan fingerprint density at radius 3 is 2.71 bits per heavy atom. The van der Waals surface area contributed by atoms with Crippen LogP contribution in [0.4, 0.5) is 19.1 Å². The zero-order valence-corrected chi connectivity index (χ0v) is 18.0. The standard InChI is InChI=1S/C23H20F3N5O3/c1-30-13-27-12-17(21(30)34)14-6-7-19-18(11-14)28-22(31(19)8-3-9-32)29-20(33)15-4-2-5-16(10-15)23(24,25)26/h2,4-7,10-13,32H,3,8-9H2,1H3,(H,28,29,33). The van der Waals surface area contributed by atoms with E-state index in [1.807, 2.05) is 0 Å². The van der Waals surface area contributed by atoms with Crippen LogP contribution in [-0.4, -0.2) is 36.7 Å². The third-order valence-electron chi connectivity index (χ3n) is 5.27. The van der Waals surface area contributed by atoms with Gasteiger partial charge < -0.3 is 14.2 Å². The first-order chi connectivity index (χ1) is 16.2. The van der Waals surface area contributed by atoms with Gasteiger partial charge in [0.1, 0.15) is 0 Å². The van der Waals surface area contributed by atoms with Crippen molar-refractivity contribution in [2.24, 2.45) is 7.05 Å². The average Bonchev–Trinajstić information content (AvgIpc) is 3.14. The molecule has 1 amide bonds. The van der Waals surface area contributed by atoms with Gasteiger partial charge in [-0.15, -0.1) is 0 Å². The zero-order valence-electron chi connectivity index (χ0n) is 18.0. The normalized spacial score (nSPS) is 11.7. The van der Waals surface area contributed by atoms with Crippen LogP contribution in [0.25, 0.3) is 22.2 Å². The number of hydrogen-bond donors (Lipinski definition) is 2. The number of aliphatic hydroxyl groups excluding tert-OH is 1. The van der Waals surface area contributed by atoms with E-state index in [4.69, 9.17) is 0 Å². The van der Waals surface area contributed by atoms with E-state index in [2.05, 4.69) is 15.3 Å². The van der Waals surface area contributed by atoms with Crippen molar-refractivity contribution in [1.29, 1.82) is 0 Å². The zero-order chi connectivity index (χ0) is 24.5. The van der Waals surface area contributed by atoms with Gasteiger partial charge in [0, 0.05) is 32.0 Å². The van der Waals surface area contributed by atoms with Crippen LogP contribution < -0.4 is 10.9 Å². The highest BCUT2D eigenvalue weighted by molar-refractivity contribution is 6.04. The minimum absolute atomic E-state index is 0.107. The fraction of sp³-hybridized carbons (Fsp3) is 0.217. The number of amides is 1. The largest absolute Gasteiger partial charge is 0.416 e. The summed E-state index contributed by atoms with van der Waals surface area (Å²) in [6.45, 7) is 0.198. The Kier molecular flexibility index (Phi) is 6.20. The van der Waals surface area contributed by atoms with Crippen molar-refractivity contribution >= 4 is 22.9 Å². The predicted octanol–water partition coefficient (Wildman–Crippen LogP) is 3.45. The summed E-state index contributed by atoms with van der Waals surface area (Å²) in [6, 6.07) is 9.21. The van der Waals surface area contributed by atoms with E-state index in [0.29, 0.717) is 35.1 Å². The number of benzene rings is 2. The second kappa shape index (κ2) is 9.10. The van der Waals surface area contributed by atoms with Crippen LogP contribution in [0.1, 0.15) is 22.3 Å². The number of rotatable bonds is 6. The molecule has 2 aromatic heterocycles. The Bertz CT molecular complexity index is 1430. The van der Waals surface area contributed by atoms with Crippen molar-refractivity contribution in [3.8, 4) is 11.1 Å². The summed E-state index contributed by atoms with van der Waals surface area (Å²) in [5, 5.41) is 11.8. The number of hydrogen-bond acceptors (Lipinski definition) is 5. The van der Waals surface area contributed by atoms with Gasteiger partial charge >= 0.3 is 6.18 Å². The Morgan fingerprint density at radius 1 is 1.18 bits per heavy atom. The number of aryl methyl sites for hydroxylation is 2. The van der Waals surface area contributed by atoms with Crippen LogP contribution in [-0.2, 0) is 19.8 Å². The molecule has 0 spiro atoms. The molecule has 176 valence electrons. The minimum atomic E-state index is -4.58. The number of carbonyl (C=O) groups excluding carboxylic acids is 1. The number of halogens is 3. The number of carbonyl (C=O) groups is 1. The first kappa shape index (κ1) is 23.2. The number of aliphatic hydroxyl groups is 1. The summed E-state index contributed by atoms with van der Waals surface area (Å²) in [7, 11) is 1.59. The van der Waals surface area contributed by atoms with Crippen molar-refractivity contribution in [1.82, 2.24) is 19.1 Å². The van der Waals surface area contributed by atoms with Crippen molar-refractivity contribution < 1.29 is 23.1 Å². The molecular formula is C23H20F3N5O3. The van der Waals surface area contributed by atoms with Gasteiger partial charge in [0.15, 0.2) is 0 Å². The molecule has 2 heterocycles. The molecule has 0 aliphatic heterocycles. The molecule has 0 saturated carbocycles. The van der Waals surface area contributed by atoms with E-state index in [0.717, 1.165) is 18.2 Å². The summed E-state index contributed by atoms with van der Waals surface area (Å²) in [5.74, 6) is -0.643. The molecule has 0 aliphatic carbocycles. The van der Waals surface area contributed by atoms with Crippen LogP contribution in [0.5, 0.6) is 0 Å². The number of alkyl halides is 3. The molecule has 2 N–H and O–H groups in total. The van der Waals surface area contributed by atoms with Crippen molar-refractivity contribution in [2.45, 2.75) is 19.1 Å². The molecule has 2 aromatic carbocycles. The Hall–Kier alpha value is -3.99. The number of imidazole rings is 1. The van der Waals surface area contributed by atoms with Gasteiger partial charge in [-0.1, -0.05) is 12.1 Å². The summed E-state index contributed by atoms with van der Waals surface area (Å²) < 4.78 is 42.1. The van der Waals surface area contributed by atoms with Crippen LogP contribution in [0.2, 0.25) is 0 Å². The topological polar surface area (TPSA) is 102 Å². The quantitative estimate of drug-likeness (QED) is 0.449. The molecule has 0 saturated heterocycles. The lowest BCUT2D eigenvalue weighted by atomic mass is 10.1. The third kappa shape index (κ3) is 4.55. The Balaban J connectivity index is 1.73. The van der Waals surface area contributed by atoms with E-state index in [-0.39, 0.29) is 23.7 Å².